The molecule has 130 valence electrons. The van der Waals surface area contributed by atoms with Gasteiger partial charge in [0.05, 0.1) is 11.1 Å². The van der Waals surface area contributed by atoms with Crippen molar-refractivity contribution in [1.29, 1.82) is 0 Å². The third-order valence-corrected chi connectivity index (χ3v) is 3.58. The Hall–Kier alpha value is -3.54. The Morgan fingerprint density at radius 3 is 1.42 bits per heavy atom. The molecule has 2 amide bonds. The van der Waals surface area contributed by atoms with Crippen LogP contribution in [0.25, 0.3) is 0 Å². The smallest absolute Gasteiger partial charge is 0.256 e. The number of rotatable bonds is 4. The van der Waals surface area contributed by atoms with Gasteiger partial charge in [0.1, 0.15) is 11.6 Å². The normalized spacial score (nSPS) is 10.2. The van der Waals surface area contributed by atoms with Crippen LogP contribution in [-0.4, -0.2) is 11.8 Å². The summed E-state index contributed by atoms with van der Waals surface area (Å²) in [6.07, 6.45) is 0. The molecule has 0 aliphatic rings. The number of halogens is 2. The van der Waals surface area contributed by atoms with E-state index in [0.717, 1.165) is 0 Å². The molecule has 3 aromatic carbocycles. The largest absolute Gasteiger partial charge is 0.322 e. The number of carbonyl (C=O) groups excluding carboxylic acids is 2. The zero-order valence-corrected chi connectivity index (χ0v) is 13.5. The average Bonchev–Trinajstić information content (AvgIpc) is 2.61. The van der Waals surface area contributed by atoms with E-state index in [1.807, 2.05) is 0 Å². The standard InChI is InChI=1S/C20H14F2N2O2/c21-13-5-3-7-15(11-13)23-19(25)17-9-1-2-10-18(17)20(26)24-16-8-4-6-14(22)12-16/h1-12H,(H,23,25)(H,24,26). The van der Waals surface area contributed by atoms with Crippen LogP contribution in [0.3, 0.4) is 0 Å². The molecule has 0 bridgehead atoms. The number of nitrogens with one attached hydrogen (secondary N) is 2. The fourth-order valence-electron chi connectivity index (χ4n) is 2.41. The van der Waals surface area contributed by atoms with Crippen molar-refractivity contribution >= 4 is 23.2 Å². The van der Waals surface area contributed by atoms with Gasteiger partial charge in [0.15, 0.2) is 0 Å². The molecular weight excluding hydrogens is 338 g/mol. The predicted octanol–water partition coefficient (Wildman–Crippen LogP) is 4.47. The van der Waals surface area contributed by atoms with Gasteiger partial charge in [-0.05, 0) is 48.5 Å². The van der Waals surface area contributed by atoms with Gasteiger partial charge < -0.3 is 10.6 Å². The highest BCUT2D eigenvalue weighted by Crippen LogP contribution is 2.16. The highest BCUT2D eigenvalue weighted by Gasteiger charge is 2.17. The molecule has 0 radical (unpaired) electrons. The molecule has 0 saturated carbocycles. The van der Waals surface area contributed by atoms with Gasteiger partial charge in [-0.3, -0.25) is 9.59 Å². The molecule has 3 rings (SSSR count). The zero-order valence-electron chi connectivity index (χ0n) is 13.5. The van der Waals surface area contributed by atoms with Crippen molar-refractivity contribution in [2.24, 2.45) is 0 Å². The third kappa shape index (κ3) is 4.10. The fourth-order valence-corrected chi connectivity index (χ4v) is 2.41. The molecule has 2 N–H and O–H groups in total. The van der Waals surface area contributed by atoms with E-state index >= 15 is 0 Å². The molecule has 0 aromatic heterocycles. The topological polar surface area (TPSA) is 58.2 Å². The van der Waals surface area contributed by atoms with Crippen LogP contribution >= 0.6 is 0 Å². The lowest BCUT2D eigenvalue weighted by molar-refractivity contribution is 0.0990. The molecule has 6 heteroatoms. The van der Waals surface area contributed by atoms with Crippen LogP contribution in [0.15, 0.2) is 72.8 Å². The van der Waals surface area contributed by atoms with Crippen molar-refractivity contribution in [2.45, 2.75) is 0 Å². The molecule has 0 heterocycles. The fraction of sp³-hybridized carbons (Fsp3) is 0. The van der Waals surface area contributed by atoms with E-state index in [1.165, 1.54) is 60.7 Å². The molecule has 0 aliphatic carbocycles. The molecule has 26 heavy (non-hydrogen) atoms. The van der Waals surface area contributed by atoms with Crippen LogP contribution in [0.1, 0.15) is 20.7 Å². The van der Waals surface area contributed by atoms with Crippen molar-refractivity contribution in [2.75, 3.05) is 10.6 Å². The number of hydrogen-bond donors (Lipinski definition) is 2. The van der Waals surface area contributed by atoms with E-state index in [1.54, 1.807) is 12.1 Å². The highest BCUT2D eigenvalue weighted by atomic mass is 19.1. The minimum atomic E-state index is -0.555. The second kappa shape index (κ2) is 7.57. The molecule has 0 aliphatic heterocycles. The molecule has 0 atom stereocenters. The summed E-state index contributed by atoms with van der Waals surface area (Å²) in [7, 11) is 0. The Morgan fingerprint density at radius 1 is 0.615 bits per heavy atom. The Morgan fingerprint density at radius 2 is 1.04 bits per heavy atom. The first-order valence-electron chi connectivity index (χ1n) is 7.76. The average molecular weight is 352 g/mol. The number of amides is 2. The summed E-state index contributed by atoms with van der Waals surface area (Å²) in [5.41, 5.74) is 0.780. The van der Waals surface area contributed by atoms with Crippen molar-refractivity contribution in [1.82, 2.24) is 0 Å². The van der Waals surface area contributed by atoms with Crippen molar-refractivity contribution in [3.05, 3.63) is 95.6 Å². The summed E-state index contributed by atoms with van der Waals surface area (Å²) in [4.78, 5) is 25.0. The summed E-state index contributed by atoms with van der Waals surface area (Å²) in [5.74, 6) is -2.08. The van der Waals surface area contributed by atoms with Crippen LogP contribution < -0.4 is 10.6 Å². The second-order valence-corrected chi connectivity index (χ2v) is 5.47. The van der Waals surface area contributed by atoms with Crippen molar-refractivity contribution < 1.29 is 18.4 Å². The van der Waals surface area contributed by atoms with Crippen LogP contribution in [0.5, 0.6) is 0 Å². The summed E-state index contributed by atoms with van der Waals surface area (Å²) < 4.78 is 26.5. The molecular formula is C20H14F2N2O2. The van der Waals surface area contributed by atoms with E-state index in [9.17, 15) is 18.4 Å². The molecule has 0 saturated heterocycles. The minimum absolute atomic E-state index is 0.116. The Labute approximate surface area is 148 Å². The number of hydrogen-bond acceptors (Lipinski definition) is 2. The van der Waals surface area contributed by atoms with Crippen LogP contribution in [-0.2, 0) is 0 Å². The van der Waals surface area contributed by atoms with E-state index in [2.05, 4.69) is 10.6 Å². The molecule has 0 spiro atoms. The Bertz CT molecular complexity index is 895. The SMILES string of the molecule is O=C(Nc1cccc(F)c1)c1ccccc1C(=O)Nc1cccc(F)c1. The number of benzene rings is 3. The first-order valence-corrected chi connectivity index (χ1v) is 7.76. The van der Waals surface area contributed by atoms with Gasteiger partial charge in [-0.1, -0.05) is 24.3 Å². The maximum absolute atomic E-state index is 13.3. The zero-order chi connectivity index (χ0) is 18.5. The summed E-state index contributed by atoms with van der Waals surface area (Å²) in [5, 5.41) is 5.10. The first kappa shape index (κ1) is 17.3. The maximum Gasteiger partial charge on any atom is 0.256 e. The summed E-state index contributed by atoms with van der Waals surface area (Å²) in [6, 6.07) is 17.1. The van der Waals surface area contributed by atoms with Gasteiger partial charge in [-0.25, -0.2) is 8.78 Å². The number of anilines is 2. The Kier molecular flexibility index (Phi) is 5.03. The lowest BCUT2D eigenvalue weighted by Crippen LogP contribution is -2.20. The lowest BCUT2D eigenvalue weighted by atomic mass is 10.1. The van der Waals surface area contributed by atoms with Gasteiger partial charge in [-0.15, -0.1) is 0 Å². The summed E-state index contributed by atoms with van der Waals surface area (Å²) >= 11 is 0. The summed E-state index contributed by atoms with van der Waals surface area (Å²) in [6.45, 7) is 0. The lowest BCUT2D eigenvalue weighted by Gasteiger charge is -2.11. The maximum atomic E-state index is 13.3. The minimum Gasteiger partial charge on any atom is -0.322 e. The van der Waals surface area contributed by atoms with E-state index in [-0.39, 0.29) is 22.5 Å². The van der Waals surface area contributed by atoms with Gasteiger partial charge in [-0.2, -0.15) is 0 Å². The molecule has 0 fully saturated rings. The molecule has 3 aromatic rings. The third-order valence-electron chi connectivity index (χ3n) is 3.58. The van der Waals surface area contributed by atoms with Gasteiger partial charge in [0.25, 0.3) is 11.8 Å². The monoisotopic (exact) mass is 352 g/mol. The van der Waals surface area contributed by atoms with Gasteiger partial charge in [0, 0.05) is 11.4 Å². The quantitative estimate of drug-likeness (QED) is 0.728. The molecule has 0 unspecified atom stereocenters. The Balaban J connectivity index is 1.83. The van der Waals surface area contributed by atoms with Crippen LogP contribution in [0, 0.1) is 11.6 Å². The van der Waals surface area contributed by atoms with Crippen molar-refractivity contribution in [3.8, 4) is 0 Å². The first-order chi connectivity index (χ1) is 12.5. The van der Waals surface area contributed by atoms with Crippen LogP contribution in [0.4, 0.5) is 20.2 Å². The van der Waals surface area contributed by atoms with Gasteiger partial charge >= 0.3 is 0 Å². The predicted molar refractivity (Wildman–Crippen MR) is 95.1 cm³/mol. The van der Waals surface area contributed by atoms with Crippen molar-refractivity contribution in [3.63, 3.8) is 0 Å². The van der Waals surface area contributed by atoms with Crippen LogP contribution in [0.2, 0.25) is 0 Å². The van der Waals surface area contributed by atoms with E-state index in [4.69, 9.17) is 0 Å². The number of carbonyl (C=O) groups is 2. The van der Waals surface area contributed by atoms with E-state index in [0.29, 0.717) is 0 Å². The van der Waals surface area contributed by atoms with Gasteiger partial charge in [0.2, 0.25) is 0 Å². The second-order valence-electron chi connectivity index (χ2n) is 5.47. The molecule has 4 nitrogen and oxygen atoms in total. The van der Waals surface area contributed by atoms with E-state index < -0.39 is 23.4 Å². The highest BCUT2D eigenvalue weighted by molar-refractivity contribution is 6.15.